The lowest BCUT2D eigenvalue weighted by atomic mass is 10.1. The van der Waals surface area contributed by atoms with Gasteiger partial charge in [-0.15, -0.1) is 11.3 Å². The van der Waals surface area contributed by atoms with Gasteiger partial charge in [-0.3, -0.25) is 24.8 Å². The quantitative estimate of drug-likeness (QED) is 0.711. The Labute approximate surface area is 134 Å². The molecule has 2 aromatic heterocycles. The summed E-state index contributed by atoms with van der Waals surface area (Å²) in [4.78, 5) is 28.6. The van der Waals surface area contributed by atoms with Gasteiger partial charge in [-0.1, -0.05) is 12.1 Å². The second kappa shape index (κ2) is 6.57. The van der Waals surface area contributed by atoms with Crippen molar-refractivity contribution in [3.63, 3.8) is 0 Å². The number of nitrogens with zero attached hydrogens (tertiary/aromatic N) is 2. The summed E-state index contributed by atoms with van der Waals surface area (Å²) in [6.07, 6.45) is 3.76. The fraction of sp³-hybridized carbons (Fsp3) is 0.133. The number of nitrogens with one attached hydrogen (secondary N) is 2. The number of hydrogen-bond donors (Lipinski definition) is 2. The normalized spacial score (nSPS) is 10.7. The van der Waals surface area contributed by atoms with E-state index in [0.717, 1.165) is 4.96 Å². The third kappa shape index (κ3) is 3.92. The van der Waals surface area contributed by atoms with Crippen LogP contribution in [0.5, 0.6) is 0 Å². The first-order chi connectivity index (χ1) is 11.1. The van der Waals surface area contributed by atoms with Gasteiger partial charge in [-0.05, 0) is 17.7 Å². The second-order valence-electron chi connectivity index (χ2n) is 4.90. The van der Waals surface area contributed by atoms with Crippen molar-refractivity contribution in [3.8, 4) is 0 Å². The Morgan fingerprint density at radius 3 is 2.52 bits per heavy atom. The van der Waals surface area contributed by atoms with E-state index in [0.29, 0.717) is 11.3 Å². The summed E-state index contributed by atoms with van der Waals surface area (Å²) in [5, 5.41) is 1.90. The molecular formula is C15H13FN4O2S. The van der Waals surface area contributed by atoms with Crippen LogP contribution in [0.2, 0.25) is 0 Å². The summed E-state index contributed by atoms with van der Waals surface area (Å²) in [5.41, 5.74) is 5.96. The van der Waals surface area contributed by atoms with Crippen LogP contribution in [0.15, 0.2) is 42.0 Å². The summed E-state index contributed by atoms with van der Waals surface area (Å²) >= 11 is 1.48. The number of aromatic nitrogens is 2. The van der Waals surface area contributed by atoms with Gasteiger partial charge in [0.1, 0.15) is 5.82 Å². The zero-order chi connectivity index (χ0) is 16.2. The SMILES string of the molecule is O=C(Cc1ccc(F)cc1)NNC(=O)Cc1cn2ccsc2n1. The maximum atomic E-state index is 12.8. The van der Waals surface area contributed by atoms with Crippen molar-refractivity contribution < 1.29 is 14.0 Å². The molecule has 118 valence electrons. The van der Waals surface area contributed by atoms with E-state index in [9.17, 15) is 14.0 Å². The number of carbonyl (C=O) groups excluding carboxylic acids is 2. The number of halogens is 1. The number of imidazole rings is 1. The molecule has 2 N–H and O–H groups in total. The molecular weight excluding hydrogens is 319 g/mol. The van der Waals surface area contributed by atoms with Crippen LogP contribution >= 0.6 is 11.3 Å². The predicted molar refractivity (Wildman–Crippen MR) is 83.2 cm³/mol. The minimum Gasteiger partial charge on any atom is -0.297 e. The van der Waals surface area contributed by atoms with Crippen LogP contribution in [0.3, 0.4) is 0 Å². The van der Waals surface area contributed by atoms with E-state index >= 15 is 0 Å². The molecule has 3 aromatic rings. The van der Waals surface area contributed by atoms with Gasteiger partial charge < -0.3 is 0 Å². The van der Waals surface area contributed by atoms with Crippen molar-refractivity contribution in [2.24, 2.45) is 0 Å². The van der Waals surface area contributed by atoms with Gasteiger partial charge in [-0.25, -0.2) is 9.37 Å². The summed E-state index contributed by atoms with van der Waals surface area (Å²) in [7, 11) is 0. The maximum Gasteiger partial charge on any atom is 0.244 e. The van der Waals surface area contributed by atoms with Crippen LogP contribution in [-0.2, 0) is 22.4 Å². The molecule has 0 spiro atoms. The Balaban J connectivity index is 1.47. The van der Waals surface area contributed by atoms with E-state index in [1.54, 1.807) is 6.20 Å². The molecule has 0 aliphatic heterocycles. The van der Waals surface area contributed by atoms with Gasteiger partial charge in [-0.2, -0.15) is 0 Å². The number of thiazole rings is 1. The molecule has 1 aromatic carbocycles. The molecule has 0 saturated heterocycles. The molecule has 0 aliphatic carbocycles. The monoisotopic (exact) mass is 332 g/mol. The molecule has 0 aliphatic rings. The van der Waals surface area contributed by atoms with Crippen molar-refractivity contribution in [1.82, 2.24) is 20.2 Å². The van der Waals surface area contributed by atoms with Gasteiger partial charge in [0.2, 0.25) is 11.8 Å². The first-order valence-electron chi connectivity index (χ1n) is 6.83. The van der Waals surface area contributed by atoms with Gasteiger partial charge in [0.25, 0.3) is 0 Å². The number of carbonyl (C=O) groups is 2. The summed E-state index contributed by atoms with van der Waals surface area (Å²) < 4.78 is 14.6. The molecule has 23 heavy (non-hydrogen) atoms. The third-order valence-corrected chi connectivity index (χ3v) is 3.87. The summed E-state index contributed by atoms with van der Waals surface area (Å²) in [6.45, 7) is 0. The molecule has 0 bridgehead atoms. The molecule has 6 nitrogen and oxygen atoms in total. The zero-order valence-corrected chi connectivity index (χ0v) is 12.8. The summed E-state index contributed by atoms with van der Waals surface area (Å²) in [5.74, 6) is -1.10. The highest BCUT2D eigenvalue weighted by atomic mass is 32.1. The largest absolute Gasteiger partial charge is 0.297 e. The molecule has 0 fully saturated rings. The molecule has 0 radical (unpaired) electrons. The van der Waals surface area contributed by atoms with E-state index in [1.807, 2.05) is 16.0 Å². The smallest absolute Gasteiger partial charge is 0.244 e. The number of rotatable bonds is 4. The van der Waals surface area contributed by atoms with Crippen LogP contribution < -0.4 is 10.9 Å². The minimum absolute atomic E-state index is 0.0563. The Morgan fingerprint density at radius 2 is 1.83 bits per heavy atom. The van der Waals surface area contributed by atoms with Crippen molar-refractivity contribution in [3.05, 3.63) is 59.1 Å². The standard InChI is InChI=1S/C15H13FN4O2S/c16-11-3-1-10(2-4-11)7-13(21)18-19-14(22)8-12-9-20-5-6-23-15(20)17-12/h1-6,9H,7-8H2,(H,18,21)(H,19,22). The van der Waals surface area contributed by atoms with E-state index in [-0.39, 0.29) is 30.5 Å². The first-order valence-corrected chi connectivity index (χ1v) is 7.71. The molecule has 2 amide bonds. The van der Waals surface area contributed by atoms with Crippen molar-refractivity contribution in [2.45, 2.75) is 12.8 Å². The molecule has 0 saturated carbocycles. The topological polar surface area (TPSA) is 75.5 Å². The lowest BCUT2D eigenvalue weighted by Gasteiger charge is -2.06. The lowest BCUT2D eigenvalue weighted by Crippen LogP contribution is -2.43. The predicted octanol–water partition coefficient (Wildman–Crippen LogP) is 1.47. The zero-order valence-electron chi connectivity index (χ0n) is 12.0. The Morgan fingerprint density at radius 1 is 1.13 bits per heavy atom. The highest BCUT2D eigenvalue weighted by Crippen LogP contribution is 2.11. The van der Waals surface area contributed by atoms with Crippen LogP contribution in [0.1, 0.15) is 11.3 Å². The van der Waals surface area contributed by atoms with Crippen LogP contribution in [0.25, 0.3) is 4.96 Å². The molecule has 2 heterocycles. The highest BCUT2D eigenvalue weighted by Gasteiger charge is 2.10. The Bertz CT molecular complexity index is 812. The highest BCUT2D eigenvalue weighted by molar-refractivity contribution is 7.15. The fourth-order valence-electron chi connectivity index (χ4n) is 2.04. The Hall–Kier alpha value is -2.74. The first kappa shape index (κ1) is 15.2. The second-order valence-corrected chi connectivity index (χ2v) is 5.77. The summed E-state index contributed by atoms with van der Waals surface area (Å²) in [6, 6.07) is 5.61. The van der Waals surface area contributed by atoms with Gasteiger partial charge in [0, 0.05) is 17.8 Å². The fourth-order valence-corrected chi connectivity index (χ4v) is 2.76. The Kier molecular flexibility index (Phi) is 4.33. The van der Waals surface area contributed by atoms with Gasteiger partial charge >= 0.3 is 0 Å². The van der Waals surface area contributed by atoms with E-state index in [1.165, 1.54) is 35.6 Å². The third-order valence-electron chi connectivity index (χ3n) is 3.10. The number of benzene rings is 1. The average Bonchev–Trinajstić information content (AvgIpc) is 3.09. The van der Waals surface area contributed by atoms with E-state index in [2.05, 4.69) is 15.8 Å². The van der Waals surface area contributed by atoms with Gasteiger partial charge in [0.15, 0.2) is 4.96 Å². The average molecular weight is 332 g/mol. The van der Waals surface area contributed by atoms with Crippen molar-refractivity contribution in [2.75, 3.05) is 0 Å². The number of hydrazine groups is 1. The maximum absolute atomic E-state index is 12.8. The number of fused-ring (bicyclic) bond motifs is 1. The molecule has 3 rings (SSSR count). The molecule has 0 atom stereocenters. The number of hydrogen-bond acceptors (Lipinski definition) is 4. The van der Waals surface area contributed by atoms with Crippen LogP contribution in [-0.4, -0.2) is 21.2 Å². The van der Waals surface area contributed by atoms with Gasteiger partial charge in [0.05, 0.1) is 18.5 Å². The van der Waals surface area contributed by atoms with Crippen LogP contribution in [0.4, 0.5) is 4.39 Å². The van der Waals surface area contributed by atoms with Crippen molar-refractivity contribution >= 4 is 28.1 Å². The lowest BCUT2D eigenvalue weighted by molar-refractivity contribution is -0.128. The van der Waals surface area contributed by atoms with E-state index in [4.69, 9.17) is 0 Å². The van der Waals surface area contributed by atoms with Crippen molar-refractivity contribution in [1.29, 1.82) is 0 Å². The number of amides is 2. The van der Waals surface area contributed by atoms with E-state index < -0.39 is 0 Å². The molecule has 8 heteroatoms. The minimum atomic E-state index is -0.379. The van der Waals surface area contributed by atoms with Crippen LogP contribution in [0, 0.1) is 5.82 Å². The molecule has 0 unspecified atom stereocenters.